The number of benzene rings is 1. The van der Waals surface area contributed by atoms with Crippen LogP contribution in [0.1, 0.15) is 19.4 Å². The molecular weight excluding hydrogens is 422 g/mol. The van der Waals surface area contributed by atoms with Crippen LogP contribution in [-0.4, -0.2) is 62.9 Å². The second kappa shape index (κ2) is 11.4. The first-order valence-electron chi connectivity index (χ1n) is 9.06. The number of morpholine rings is 1. The Morgan fingerprint density at radius 2 is 2.07 bits per heavy atom. The number of rotatable bonds is 8. The smallest absolute Gasteiger partial charge is 0.387 e. The van der Waals surface area contributed by atoms with Crippen LogP contribution in [-0.2, 0) is 11.3 Å². The molecule has 1 saturated heterocycles. The molecule has 2 N–H and O–H groups in total. The molecule has 27 heavy (non-hydrogen) atoms. The second-order valence-electron chi connectivity index (χ2n) is 6.20. The van der Waals surface area contributed by atoms with Crippen molar-refractivity contribution < 1.29 is 18.3 Å². The topological polar surface area (TPSA) is 58.1 Å². The highest BCUT2D eigenvalue weighted by Crippen LogP contribution is 2.25. The second-order valence-corrected chi connectivity index (χ2v) is 7.12. The lowest BCUT2D eigenvalue weighted by Gasteiger charge is -2.32. The molecule has 1 aromatic carbocycles. The van der Waals surface area contributed by atoms with E-state index in [4.69, 9.17) is 4.74 Å². The van der Waals surface area contributed by atoms with Crippen molar-refractivity contribution >= 4 is 21.9 Å². The molecule has 1 aliphatic heterocycles. The summed E-state index contributed by atoms with van der Waals surface area (Å²) in [7, 11) is 0. The summed E-state index contributed by atoms with van der Waals surface area (Å²) in [6, 6.07) is 5.25. The summed E-state index contributed by atoms with van der Waals surface area (Å²) < 4.78 is 36.0. The normalized spacial score (nSPS) is 17.0. The fourth-order valence-electron chi connectivity index (χ4n) is 2.78. The molecule has 0 radical (unpaired) electrons. The molecule has 1 heterocycles. The maximum absolute atomic E-state index is 12.6. The zero-order chi connectivity index (χ0) is 19.6. The van der Waals surface area contributed by atoms with Crippen molar-refractivity contribution in [3.63, 3.8) is 0 Å². The van der Waals surface area contributed by atoms with Crippen LogP contribution in [0.15, 0.2) is 27.7 Å². The minimum absolute atomic E-state index is 0.134. The average Bonchev–Trinajstić information content (AvgIpc) is 2.66. The first kappa shape index (κ1) is 21.8. The van der Waals surface area contributed by atoms with E-state index in [0.717, 1.165) is 37.3 Å². The van der Waals surface area contributed by atoms with E-state index in [1.165, 1.54) is 6.07 Å². The Bertz CT molecular complexity index is 613. The molecule has 1 aromatic rings. The van der Waals surface area contributed by atoms with Crippen LogP contribution < -0.4 is 15.4 Å². The lowest BCUT2D eigenvalue weighted by molar-refractivity contribution is -0.0504. The third kappa shape index (κ3) is 7.59. The van der Waals surface area contributed by atoms with E-state index in [0.29, 0.717) is 24.1 Å². The van der Waals surface area contributed by atoms with Gasteiger partial charge in [-0.2, -0.15) is 8.78 Å². The number of aliphatic imine (C=N–C) groups is 1. The predicted molar refractivity (Wildman–Crippen MR) is 105 cm³/mol. The van der Waals surface area contributed by atoms with Crippen molar-refractivity contribution in [2.24, 2.45) is 4.99 Å². The molecule has 1 fully saturated rings. The Balaban J connectivity index is 1.99. The highest BCUT2D eigenvalue weighted by molar-refractivity contribution is 9.10. The monoisotopic (exact) mass is 448 g/mol. The van der Waals surface area contributed by atoms with Gasteiger partial charge in [0.25, 0.3) is 0 Å². The number of nitrogens with one attached hydrogen (secondary N) is 2. The van der Waals surface area contributed by atoms with Gasteiger partial charge >= 0.3 is 6.61 Å². The van der Waals surface area contributed by atoms with Gasteiger partial charge in [0.15, 0.2) is 5.96 Å². The van der Waals surface area contributed by atoms with Crippen LogP contribution in [0.4, 0.5) is 8.78 Å². The van der Waals surface area contributed by atoms with Crippen molar-refractivity contribution in [3.05, 3.63) is 28.2 Å². The van der Waals surface area contributed by atoms with Gasteiger partial charge in [-0.1, -0.05) is 15.9 Å². The van der Waals surface area contributed by atoms with E-state index in [-0.39, 0.29) is 12.3 Å². The minimum Gasteiger partial charge on any atom is -0.434 e. The summed E-state index contributed by atoms with van der Waals surface area (Å²) in [4.78, 5) is 6.88. The number of halogens is 3. The summed E-state index contributed by atoms with van der Waals surface area (Å²) >= 11 is 3.36. The Morgan fingerprint density at radius 3 is 2.74 bits per heavy atom. The lowest BCUT2D eigenvalue weighted by Crippen LogP contribution is -2.49. The Labute approximate surface area is 167 Å². The van der Waals surface area contributed by atoms with Gasteiger partial charge in [0, 0.05) is 42.3 Å². The Morgan fingerprint density at radius 1 is 1.33 bits per heavy atom. The number of hydrogen-bond donors (Lipinski definition) is 2. The Kier molecular flexibility index (Phi) is 9.23. The van der Waals surface area contributed by atoms with Crippen LogP contribution in [0.3, 0.4) is 0 Å². The zero-order valence-electron chi connectivity index (χ0n) is 15.7. The van der Waals surface area contributed by atoms with Gasteiger partial charge in [0.2, 0.25) is 0 Å². The summed E-state index contributed by atoms with van der Waals surface area (Å²) in [6.07, 6.45) is 0. The molecule has 1 atom stereocenters. The summed E-state index contributed by atoms with van der Waals surface area (Å²) in [5, 5.41) is 6.50. The Hall–Kier alpha value is -1.45. The lowest BCUT2D eigenvalue weighted by atomic mass is 10.2. The number of nitrogens with zero attached hydrogens (tertiary/aromatic N) is 2. The van der Waals surface area contributed by atoms with Gasteiger partial charge < -0.3 is 20.1 Å². The maximum atomic E-state index is 12.6. The fourth-order valence-corrected chi connectivity index (χ4v) is 3.19. The number of ether oxygens (including phenoxy) is 2. The molecule has 0 bridgehead atoms. The van der Waals surface area contributed by atoms with Crippen LogP contribution in [0.5, 0.6) is 5.75 Å². The zero-order valence-corrected chi connectivity index (χ0v) is 17.3. The van der Waals surface area contributed by atoms with Crippen molar-refractivity contribution in [2.75, 3.05) is 39.4 Å². The molecule has 2 rings (SSSR count). The molecule has 1 unspecified atom stereocenters. The quantitative estimate of drug-likeness (QED) is 0.472. The molecule has 0 amide bonds. The van der Waals surface area contributed by atoms with E-state index in [1.54, 1.807) is 12.1 Å². The number of guanidine groups is 1. The average molecular weight is 449 g/mol. The molecule has 6 nitrogen and oxygen atoms in total. The number of alkyl halides is 2. The van der Waals surface area contributed by atoms with Crippen LogP contribution in [0.2, 0.25) is 0 Å². The molecule has 0 aliphatic carbocycles. The molecule has 1 aliphatic rings. The van der Waals surface area contributed by atoms with E-state index >= 15 is 0 Å². The van der Waals surface area contributed by atoms with Crippen molar-refractivity contribution in [1.82, 2.24) is 15.5 Å². The summed E-state index contributed by atoms with van der Waals surface area (Å²) in [6.45, 7) is 6.28. The van der Waals surface area contributed by atoms with E-state index in [9.17, 15) is 8.78 Å². The largest absolute Gasteiger partial charge is 0.434 e. The van der Waals surface area contributed by atoms with Crippen LogP contribution in [0.25, 0.3) is 0 Å². The van der Waals surface area contributed by atoms with Crippen LogP contribution in [0, 0.1) is 0 Å². The van der Waals surface area contributed by atoms with Gasteiger partial charge in [-0.15, -0.1) is 0 Å². The van der Waals surface area contributed by atoms with E-state index < -0.39 is 6.61 Å². The predicted octanol–water partition coefficient (Wildman–Crippen LogP) is 2.83. The van der Waals surface area contributed by atoms with E-state index in [1.807, 2.05) is 6.92 Å². The third-order valence-corrected chi connectivity index (χ3v) is 4.72. The molecule has 0 saturated carbocycles. The van der Waals surface area contributed by atoms with Crippen molar-refractivity contribution in [1.29, 1.82) is 0 Å². The third-order valence-electron chi connectivity index (χ3n) is 4.22. The molecule has 0 aromatic heterocycles. The molecule has 0 spiro atoms. The van der Waals surface area contributed by atoms with Crippen LogP contribution >= 0.6 is 15.9 Å². The van der Waals surface area contributed by atoms with Gasteiger partial charge in [0.1, 0.15) is 5.75 Å². The van der Waals surface area contributed by atoms with Gasteiger partial charge in [-0.3, -0.25) is 4.90 Å². The van der Waals surface area contributed by atoms with Gasteiger partial charge in [-0.05, 0) is 32.0 Å². The first-order chi connectivity index (χ1) is 13.0. The van der Waals surface area contributed by atoms with Crippen molar-refractivity contribution in [2.45, 2.75) is 33.0 Å². The molecule has 152 valence electrons. The SMILES string of the molecule is CCNC(=NCc1cc(Br)ccc1OC(F)F)NCC(C)N1CCOCC1. The van der Waals surface area contributed by atoms with Crippen molar-refractivity contribution in [3.8, 4) is 5.75 Å². The highest BCUT2D eigenvalue weighted by atomic mass is 79.9. The summed E-state index contributed by atoms with van der Waals surface area (Å²) in [5.74, 6) is 0.773. The fraction of sp³-hybridized carbons (Fsp3) is 0.611. The number of hydrogen-bond acceptors (Lipinski definition) is 4. The standard InChI is InChI=1S/C18H27BrF2N4O2/c1-3-22-18(23-11-13(2)25-6-8-26-9-7-25)24-12-14-10-15(19)4-5-16(14)27-17(20)21/h4-5,10,13,17H,3,6-9,11-12H2,1-2H3,(H2,22,23,24). The molecular formula is C18H27BrF2N4O2. The van der Waals surface area contributed by atoms with Gasteiger partial charge in [-0.25, -0.2) is 4.99 Å². The summed E-state index contributed by atoms with van der Waals surface area (Å²) in [5.41, 5.74) is 0.586. The van der Waals surface area contributed by atoms with Gasteiger partial charge in [0.05, 0.1) is 19.8 Å². The maximum Gasteiger partial charge on any atom is 0.387 e. The van der Waals surface area contributed by atoms with E-state index in [2.05, 4.69) is 48.1 Å². The molecule has 9 heteroatoms. The minimum atomic E-state index is -2.87. The first-order valence-corrected chi connectivity index (χ1v) is 9.86. The highest BCUT2D eigenvalue weighted by Gasteiger charge is 2.17.